The van der Waals surface area contributed by atoms with E-state index in [9.17, 15) is 4.79 Å². The van der Waals surface area contributed by atoms with Crippen LogP contribution in [0.15, 0.2) is 30.5 Å². The molecule has 2 aliphatic rings. The number of likely N-dealkylation sites (N-methyl/N-ethyl adjacent to an activating group) is 1. The van der Waals surface area contributed by atoms with E-state index in [4.69, 9.17) is 14.5 Å². The molecule has 0 saturated carbocycles. The fourth-order valence-electron chi connectivity index (χ4n) is 4.12. The van der Waals surface area contributed by atoms with Crippen LogP contribution in [-0.2, 0) is 17.8 Å². The summed E-state index contributed by atoms with van der Waals surface area (Å²) in [6.45, 7) is 4.37. The molecule has 1 aromatic carbocycles. The smallest absolute Gasteiger partial charge is 0.263 e. The molecular formula is C22H28N4O3. The highest BCUT2D eigenvalue weighted by molar-refractivity contribution is 5.81. The lowest BCUT2D eigenvalue weighted by Crippen LogP contribution is -2.40. The number of hydrogen-bond donors (Lipinski definition) is 0. The maximum absolute atomic E-state index is 13.2. The fraction of sp³-hybridized carbons (Fsp3) is 0.500. The minimum absolute atomic E-state index is 0.0422. The molecule has 2 aromatic rings. The molecule has 29 heavy (non-hydrogen) atoms. The first-order valence-electron chi connectivity index (χ1n) is 10.2. The minimum Gasteiger partial charge on any atom is -0.493 e. The van der Waals surface area contributed by atoms with Crippen LogP contribution in [0.5, 0.6) is 11.5 Å². The number of benzene rings is 1. The highest BCUT2D eigenvalue weighted by Gasteiger charge is 2.35. The molecule has 154 valence electrons. The first-order valence-corrected chi connectivity index (χ1v) is 10.2. The van der Waals surface area contributed by atoms with Gasteiger partial charge in [0.15, 0.2) is 23.4 Å². The van der Waals surface area contributed by atoms with Gasteiger partial charge in [-0.1, -0.05) is 12.1 Å². The third-order valence-electron chi connectivity index (χ3n) is 5.70. The molecule has 0 bridgehead atoms. The predicted octanol–water partition coefficient (Wildman–Crippen LogP) is 2.60. The number of carbonyl (C=O) groups excluding carboxylic acids is 1. The summed E-state index contributed by atoms with van der Waals surface area (Å²) >= 11 is 0. The summed E-state index contributed by atoms with van der Waals surface area (Å²) in [6, 6.07) is 7.29. The van der Waals surface area contributed by atoms with Gasteiger partial charge >= 0.3 is 0 Å². The van der Waals surface area contributed by atoms with Crippen LogP contribution >= 0.6 is 0 Å². The van der Waals surface area contributed by atoms with Gasteiger partial charge in [0.1, 0.15) is 0 Å². The van der Waals surface area contributed by atoms with Crippen molar-refractivity contribution in [3.8, 4) is 11.5 Å². The summed E-state index contributed by atoms with van der Waals surface area (Å²) in [5.41, 5.74) is 2.30. The Hall–Kier alpha value is -2.67. The first kappa shape index (κ1) is 19.6. The second-order valence-corrected chi connectivity index (χ2v) is 7.79. The Morgan fingerprint density at radius 2 is 2.03 bits per heavy atom. The van der Waals surface area contributed by atoms with Gasteiger partial charge < -0.3 is 19.3 Å². The Balaban J connectivity index is 1.50. The van der Waals surface area contributed by atoms with Gasteiger partial charge in [-0.25, -0.2) is 9.97 Å². The van der Waals surface area contributed by atoms with Crippen molar-refractivity contribution in [3.63, 3.8) is 0 Å². The number of para-hydroxylation sites is 2. The Morgan fingerprint density at radius 3 is 2.83 bits per heavy atom. The molecule has 3 heterocycles. The van der Waals surface area contributed by atoms with Crippen molar-refractivity contribution in [1.82, 2.24) is 19.8 Å². The molecule has 4 rings (SSSR count). The molecule has 0 spiro atoms. The van der Waals surface area contributed by atoms with Crippen LogP contribution in [0.25, 0.3) is 0 Å². The molecule has 0 radical (unpaired) electrons. The fourth-order valence-corrected chi connectivity index (χ4v) is 4.12. The molecule has 1 amide bonds. The Bertz CT molecular complexity index is 888. The molecule has 7 nitrogen and oxygen atoms in total. The van der Waals surface area contributed by atoms with Gasteiger partial charge in [0.2, 0.25) is 0 Å². The van der Waals surface area contributed by atoms with E-state index in [0.717, 1.165) is 43.9 Å². The second-order valence-electron chi connectivity index (χ2n) is 7.79. The Kier molecular flexibility index (Phi) is 5.67. The number of ether oxygens (including phenoxy) is 2. The van der Waals surface area contributed by atoms with E-state index in [0.29, 0.717) is 18.0 Å². The lowest BCUT2D eigenvalue weighted by Gasteiger charge is -2.28. The Labute approximate surface area is 171 Å². The number of aromatic nitrogens is 2. The maximum Gasteiger partial charge on any atom is 0.263 e. The van der Waals surface area contributed by atoms with E-state index in [1.165, 1.54) is 5.56 Å². The van der Waals surface area contributed by atoms with Crippen LogP contribution in [0.3, 0.4) is 0 Å². The average molecular weight is 396 g/mol. The number of nitrogens with zero attached hydrogens (tertiary/aromatic N) is 4. The van der Waals surface area contributed by atoms with Crippen molar-refractivity contribution in [2.45, 2.75) is 44.9 Å². The SMILES string of the molecule is COc1ccccc1O[C@@H](C)C(=O)N1CCC[C@@H]1c1ncc2c(n1)CCN(C)C2. The summed E-state index contributed by atoms with van der Waals surface area (Å²) < 4.78 is 11.3. The van der Waals surface area contributed by atoms with Crippen LogP contribution in [-0.4, -0.2) is 59.0 Å². The van der Waals surface area contributed by atoms with E-state index in [1.807, 2.05) is 35.4 Å². The molecule has 0 N–H and O–H groups in total. The normalized spacial score (nSPS) is 20.2. The number of amides is 1. The largest absolute Gasteiger partial charge is 0.493 e. The number of rotatable bonds is 5. The maximum atomic E-state index is 13.2. The van der Waals surface area contributed by atoms with Gasteiger partial charge in [-0.3, -0.25) is 4.79 Å². The molecule has 2 atom stereocenters. The van der Waals surface area contributed by atoms with Gasteiger partial charge in [-0.05, 0) is 38.9 Å². The molecule has 0 aliphatic carbocycles. The zero-order valence-electron chi connectivity index (χ0n) is 17.3. The summed E-state index contributed by atoms with van der Waals surface area (Å²) in [5, 5.41) is 0. The van der Waals surface area contributed by atoms with E-state index in [1.54, 1.807) is 14.0 Å². The van der Waals surface area contributed by atoms with E-state index in [2.05, 4.69) is 16.9 Å². The highest BCUT2D eigenvalue weighted by Crippen LogP contribution is 2.33. The molecular weight excluding hydrogens is 368 g/mol. The van der Waals surface area contributed by atoms with Crippen LogP contribution in [0.1, 0.15) is 42.9 Å². The van der Waals surface area contributed by atoms with Crippen LogP contribution in [0.4, 0.5) is 0 Å². The summed E-state index contributed by atoms with van der Waals surface area (Å²) in [7, 11) is 3.70. The first-order chi connectivity index (χ1) is 14.1. The van der Waals surface area contributed by atoms with E-state index in [-0.39, 0.29) is 11.9 Å². The third kappa shape index (κ3) is 4.05. The van der Waals surface area contributed by atoms with Gasteiger partial charge in [-0.2, -0.15) is 0 Å². The van der Waals surface area contributed by atoms with Crippen LogP contribution in [0.2, 0.25) is 0 Å². The molecule has 1 aromatic heterocycles. The number of likely N-dealkylation sites (tertiary alicyclic amines) is 1. The molecule has 0 unspecified atom stereocenters. The molecule has 2 aliphatic heterocycles. The third-order valence-corrected chi connectivity index (χ3v) is 5.70. The quantitative estimate of drug-likeness (QED) is 0.774. The summed E-state index contributed by atoms with van der Waals surface area (Å²) in [4.78, 5) is 26.8. The van der Waals surface area contributed by atoms with Crippen molar-refractivity contribution in [2.24, 2.45) is 0 Å². The topological polar surface area (TPSA) is 67.8 Å². The van der Waals surface area contributed by atoms with Crippen molar-refractivity contribution >= 4 is 5.91 Å². The van der Waals surface area contributed by atoms with Gasteiger partial charge in [0.25, 0.3) is 5.91 Å². The predicted molar refractivity (Wildman–Crippen MR) is 109 cm³/mol. The molecule has 1 fully saturated rings. The molecule has 7 heteroatoms. The van der Waals surface area contributed by atoms with Crippen molar-refractivity contribution < 1.29 is 14.3 Å². The summed E-state index contributed by atoms with van der Waals surface area (Å²) in [6.07, 6.45) is 4.07. The zero-order valence-corrected chi connectivity index (χ0v) is 17.3. The van der Waals surface area contributed by atoms with Gasteiger partial charge in [0.05, 0.1) is 13.2 Å². The average Bonchev–Trinajstić information content (AvgIpc) is 3.23. The number of hydrogen-bond acceptors (Lipinski definition) is 6. The van der Waals surface area contributed by atoms with Crippen molar-refractivity contribution in [1.29, 1.82) is 0 Å². The standard InChI is InChI=1S/C22H28N4O3/c1-15(29-20-9-5-4-8-19(20)28-3)22(27)26-11-6-7-18(26)21-23-13-16-14-25(2)12-10-17(16)24-21/h4-5,8-9,13,15,18H,6-7,10-12,14H2,1-3H3/t15-,18+/m0/s1. The monoisotopic (exact) mass is 396 g/mol. The number of methoxy groups -OCH3 is 1. The zero-order chi connectivity index (χ0) is 20.4. The lowest BCUT2D eigenvalue weighted by molar-refractivity contribution is -0.139. The lowest BCUT2D eigenvalue weighted by atomic mass is 10.1. The van der Waals surface area contributed by atoms with Gasteiger partial charge in [0, 0.05) is 43.5 Å². The number of carbonyl (C=O) groups is 1. The number of fused-ring (bicyclic) bond motifs is 1. The summed E-state index contributed by atoms with van der Waals surface area (Å²) in [5.74, 6) is 1.90. The van der Waals surface area contributed by atoms with Crippen LogP contribution in [0, 0.1) is 0 Å². The van der Waals surface area contributed by atoms with Crippen molar-refractivity contribution in [2.75, 3.05) is 27.2 Å². The second kappa shape index (κ2) is 8.37. The van der Waals surface area contributed by atoms with E-state index >= 15 is 0 Å². The molecule has 1 saturated heterocycles. The highest BCUT2D eigenvalue weighted by atomic mass is 16.5. The van der Waals surface area contributed by atoms with Gasteiger partial charge in [-0.15, -0.1) is 0 Å². The Morgan fingerprint density at radius 1 is 1.24 bits per heavy atom. The van der Waals surface area contributed by atoms with E-state index < -0.39 is 6.10 Å². The van der Waals surface area contributed by atoms with Crippen LogP contribution < -0.4 is 9.47 Å². The minimum atomic E-state index is -0.613. The van der Waals surface area contributed by atoms with Crippen molar-refractivity contribution in [3.05, 3.63) is 47.5 Å².